The van der Waals surface area contributed by atoms with E-state index in [4.69, 9.17) is 9.16 Å². The highest BCUT2D eigenvalue weighted by Gasteiger charge is 2.52. The largest absolute Gasteiger partial charge is 0.549 e. The van der Waals surface area contributed by atoms with Gasteiger partial charge in [0, 0.05) is 23.5 Å². The summed E-state index contributed by atoms with van der Waals surface area (Å²) in [6.07, 6.45) is 14.0. The van der Waals surface area contributed by atoms with Gasteiger partial charge in [-0.2, -0.15) is 8.78 Å². The highest BCUT2D eigenvalue weighted by atomic mass is 28.2. The van der Waals surface area contributed by atoms with E-state index in [1.54, 1.807) is 24.5 Å². The molecule has 0 amide bonds. The Balaban J connectivity index is 1.35. The SMILES string of the molecule is CCCCCCCC1Oc2ccc(-c3ncc(-c4ccccc4O[SiH2]CCC(C)CC(C)CCCC)cn3)nc2C1(F)F. The maximum absolute atomic E-state index is 15.2. The average molecular weight is 610 g/mol. The summed E-state index contributed by atoms with van der Waals surface area (Å²) in [6, 6.07) is 12.3. The predicted molar refractivity (Wildman–Crippen MR) is 173 cm³/mol. The van der Waals surface area contributed by atoms with Crippen LogP contribution in [0, 0.1) is 11.8 Å². The van der Waals surface area contributed by atoms with Crippen molar-refractivity contribution < 1.29 is 17.9 Å². The number of pyridine rings is 1. The molecule has 0 saturated carbocycles. The summed E-state index contributed by atoms with van der Waals surface area (Å²) >= 11 is 0. The zero-order chi connectivity index (χ0) is 30.7. The van der Waals surface area contributed by atoms with Crippen LogP contribution in [0.1, 0.15) is 104 Å². The summed E-state index contributed by atoms with van der Waals surface area (Å²) in [5.74, 6) is -0.316. The molecule has 8 heteroatoms. The van der Waals surface area contributed by atoms with Crippen molar-refractivity contribution in [1.82, 2.24) is 15.0 Å². The Labute approximate surface area is 259 Å². The number of para-hydroxylation sites is 1. The molecule has 0 aliphatic carbocycles. The van der Waals surface area contributed by atoms with Crippen molar-refractivity contribution in [3.8, 4) is 34.1 Å². The number of halogens is 2. The first kappa shape index (κ1) is 33.0. The van der Waals surface area contributed by atoms with Gasteiger partial charge in [0.15, 0.2) is 17.6 Å². The Morgan fingerprint density at radius 1 is 0.907 bits per heavy atom. The monoisotopic (exact) mass is 609 g/mol. The lowest BCUT2D eigenvalue weighted by atomic mass is 9.92. The van der Waals surface area contributed by atoms with Crippen LogP contribution in [-0.4, -0.2) is 30.8 Å². The molecule has 0 saturated heterocycles. The Kier molecular flexibility index (Phi) is 12.5. The van der Waals surface area contributed by atoms with Gasteiger partial charge in [0.1, 0.15) is 17.2 Å². The first-order valence-corrected chi connectivity index (χ1v) is 18.0. The Morgan fingerprint density at radius 3 is 2.40 bits per heavy atom. The van der Waals surface area contributed by atoms with E-state index in [0.717, 1.165) is 66.9 Å². The zero-order valence-corrected chi connectivity index (χ0v) is 27.9. The fourth-order valence-electron chi connectivity index (χ4n) is 5.98. The molecule has 3 heterocycles. The molecule has 4 rings (SSSR count). The van der Waals surface area contributed by atoms with Gasteiger partial charge in [-0.05, 0) is 55.3 Å². The summed E-state index contributed by atoms with van der Waals surface area (Å²) < 4.78 is 42.4. The van der Waals surface area contributed by atoms with Crippen molar-refractivity contribution in [2.24, 2.45) is 11.8 Å². The van der Waals surface area contributed by atoms with Gasteiger partial charge in [-0.25, -0.2) is 15.0 Å². The first-order chi connectivity index (χ1) is 20.8. The fraction of sp³-hybridized carbons (Fsp3) is 0.571. The molecule has 3 aromatic rings. The molecule has 1 aromatic carbocycles. The maximum Gasteiger partial charge on any atom is 0.329 e. The van der Waals surface area contributed by atoms with Gasteiger partial charge in [-0.3, -0.25) is 0 Å². The highest BCUT2D eigenvalue weighted by Crippen LogP contribution is 2.46. The molecule has 1 aliphatic heterocycles. The molecule has 5 nitrogen and oxygen atoms in total. The Bertz CT molecular complexity index is 1270. The van der Waals surface area contributed by atoms with Crippen molar-refractivity contribution in [2.75, 3.05) is 0 Å². The molecule has 0 N–H and O–H groups in total. The molecule has 2 aromatic heterocycles. The van der Waals surface area contributed by atoms with Crippen LogP contribution in [0.4, 0.5) is 8.78 Å². The van der Waals surface area contributed by atoms with E-state index in [-0.39, 0.29) is 11.4 Å². The number of unbranched alkanes of at least 4 members (excludes halogenated alkanes) is 5. The quantitative estimate of drug-likeness (QED) is 0.106. The van der Waals surface area contributed by atoms with Crippen LogP contribution in [0.5, 0.6) is 11.5 Å². The third kappa shape index (κ3) is 9.07. The van der Waals surface area contributed by atoms with Gasteiger partial charge in [-0.1, -0.05) is 97.3 Å². The number of aromatic nitrogens is 3. The smallest absolute Gasteiger partial charge is 0.329 e. The van der Waals surface area contributed by atoms with Crippen LogP contribution in [-0.2, 0) is 5.92 Å². The molecule has 43 heavy (non-hydrogen) atoms. The average Bonchev–Trinajstić information content (AvgIpc) is 3.27. The van der Waals surface area contributed by atoms with Crippen molar-refractivity contribution in [2.45, 2.75) is 116 Å². The number of rotatable bonds is 18. The molecule has 3 unspecified atom stereocenters. The third-order valence-electron chi connectivity index (χ3n) is 8.45. The van der Waals surface area contributed by atoms with E-state index in [2.05, 4.69) is 42.6 Å². The van der Waals surface area contributed by atoms with E-state index in [1.807, 2.05) is 24.3 Å². The van der Waals surface area contributed by atoms with Crippen molar-refractivity contribution >= 4 is 9.76 Å². The first-order valence-electron chi connectivity index (χ1n) is 16.4. The van der Waals surface area contributed by atoms with Crippen molar-refractivity contribution in [1.29, 1.82) is 0 Å². The normalized spacial score (nSPS) is 17.1. The minimum absolute atomic E-state index is 0.152. The molecule has 0 spiro atoms. The van der Waals surface area contributed by atoms with Crippen LogP contribution in [0.25, 0.3) is 22.6 Å². The summed E-state index contributed by atoms with van der Waals surface area (Å²) in [7, 11) is -0.719. The molecule has 1 aliphatic rings. The van der Waals surface area contributed by atoms with Gasteiger partial charge < -0.3 is 9.16 Å². The Morgan fingerprint density at radius 2 is 1.63 bits per heavy atom. The number of hydrogen-bond donors (Lipinski definition) is 0. The number of alkyl halides is 2. The van der Waals surface area contributed by atoms with Gasteiger partial charge in [0.05, 0.1) is 0 Å². The number of hydrogen-bond acceptors (Lipinski definition) is 5. The summed E-state index contributed by atoms with van der Waals surface area (Å²) in [5, 5.41) is 0. The van der Waals surface area contributed by atoms with Gasteiger partial charge in [0.25, 0.3) is 0 Å². The molecule has 0 bridgehead atoms. The number of fused-ring (bicyclic) bond motifs is 1. The highest BCUT2D eigenvalue weighted by molar-refractivity contribution is 6.28. The minimum Gasteiger partial charge on any atom is -0.549 e. The predicted octanol–water partition coefficient (Wildman–Crippen LogP) is 9.54. The van der Waals surface area contributed by atoms with E-state index in [9.17, 15) is 0 Å². The second-order valence-corrected chi connectivity index (χ2v) is 13.8. The molecular formula is C35H49F2N3O2Si. The number of ether oxygens (including phenoxy) is 1. The lowest BCUT2D eigenvalue weighted by molar-refractivity contribution is -0.0818. The van der Waals surface area contributed by atoms with E-state index < -0.39 is 21.8 Å². The van der Waals surface area contributed by atoms with E-state index in [0.29, 0.717) is 17.9 Å². The van der Waals surface area contributed by atoms with Crippen LogP contribution < -0.4 is 9.16 Å². The molecule has 234 valence electrons. The van der Waals surface area contributed by atoms with E-state index in [1.165, 1.54) is 32.1 Å². The number of nitrogens with zero attached hydrogens (tertiary/aromatic N) is 3. The Hall–Kier alpha value is -2.87. The lowest BCUT2D eigenvalue weighted by Crippen LogP contribution is -2.30. The minimum atomic E-state index is -3.14. The maximum atomic E-state index is 15.2. The van der Waals surface area contributed by atoms with Crippen LogP contribution in [0.2, 0.25) is 6.04 Å². The van der Waals surface area contributed by atoms with Crippen LogP contribution >= 0.6 is 0 Å². The lowest BCUT2D eigenvalue weighted by Gasteiger charge is -2.17. The summed E-state index contributed by atoms with van der Waals surface area (Å²) in [5.41, 5.74) is 1.76. The standard InChI is InChI=1S/C35H49F2N3O2Si/c1-5-7-9-10-11-17-32-35(36,37)33-31(41-32)19-18-29(40-33)34-38-23-27(24-39-34)28-15-12-13-16-30(28)42-43-21-20-26(4)22-25(3)14-8-6-2/h12-13,15-16,18-19,23-26,32H,5-11,14,17,20-22,43H2,1-4H3. The second kappa shape index (κ2) is 16.3. The van der Waals surface area contributed by atoms with Crippen LogP contribution in [0.15, 0.2) is 48.8 Å². The molecular weight excluding hydrogens is 560 g/mol. The van der Waals surface area contributed by atoms with E-state index >= 15 is 8.78 Å². The second-order valence-electron chi connectivity index (χ2n) is 12.3. The van der Waals surface area contributed by atoms with Crippen molar-refractivity contribution in [3.63, 3.8) is 0 Å². The molecule has 3 atom stereocenters. The van der Waals surface area contributed by atoms with Gasteiger partial charge >= 0.3 is 5.92 Å². The van der Waals surface area contributed by atoms with Gasteiger partial charge in [0.2, 0.25) is 9.76 Å². The fourth-order valence-corrected chi connectivity index (χ4v) is 7.46. The van der Waals surface area contributed by atoms with Crippen molar-refractivity contribution in [3.05, 3.63) is 54.5 Å². The molecule has 0 radical (unpaired) electrons. The number of benzene rings is 1. The van der Waals surface area contributed by atoms with Crippen LogP contribution in [0.3, 0.4) is 0 Å². The summed E-state index contributed by atoms with van der Waals surface area (Å²) in [4.78, 5) is 13.3. The zero-order valence-electron chi connectivity index (χ0n) is 26.5. The van der Waals surface area contributed by atoms with Gasteiger partial charge in [-0.15, -0.1) is 0 Å². The summed E-state index contributed by atoms with van der Waals surface area (Å²) in [6.45, 7) is 9.13. The molecule has 0 fully saturated rings. The topological polar surface area (TPSA) is 57.1 Å². The third-order valence-corrected chi connectivity index (χ3v) is 9.66.